The molecule has 4 heteroatoms. The molecule has 1 N–H and O–H groups in total. The fourth-order valence-corrected chi connectivity index (χ4v) is 1.68. The molecule has 0 bridgehead atoms. The Labute approximate surface area is 98.4 Å². The highest BCUT2D eigenvalue weighted by Gasteiger charge is 2.17. The molecule has 0 heterocycles. The zero-order chi connectivity index (χ0) is 12.4. The Hall–Kier alpha value is -0.610. The van der Waals surface area contributed by atoms with E-state index in [-0.39, 0.29) is 18.6 Å². The lowest BCUT2D eigenvalue weighted by atomic mass is 9.95. The first-order chi connectivity index (χ1) is 7.67. The van der Waals surface area contributed by atoms with Gasteiger partial charge in [-0.3, -0.25) is 4.79 Å². The maximum absolute atomic E-state index is 11.6. The predicted molar refractivity (Wildman–Crippen MR) is 64.2 cm³/mol. The third-order valence-electron chi connectivity index (χ3n) is 2.61. The van der Waals surface area contributed by atoms with E-state index in [2.05, 4.69) is 12.2 Å². The predicted octanol–water partition coefficient (Wildman–Crippen LogP) is 2.46. The highest BCUT2D eigenvalue weighted by atomic mass is 16.5. The van der Waals surface area contributed by atoms with Crippen LogP contribution in [0.5, 0.6) is 0 Å². The molecule has 96 valence electrons. The Morgan fingerprint density at radius 3 is 2.56 bits per heavy atom. The third-order valence-corrected chi connectivity index (χ3v) is 2.61. The van der Waals surface area contributed by atoms with E-state index in [1.807, 2.05) is 6.92 Å². The highest BCUT2D eigenvalue weighted by Crippen LogP contribution is 2.20. The summed E-state index contributed by atoms with van der Waals surface area (Å²) in [5.41, 5.74) is 0. The fourth-order valence-electron chi connectivity index (χ4n) is 1.68. The monoisotopic (exact) mass is 230 g/mol. The zero-order valence-corrected chi connectivity index (χ0v) is 10.6. The van der Waals surface area contributed by atoms with E-state index >= 15 is 0 Å². The van der Waals surface area contributed by atoms with E-state index in [9.17, 15) is 4.79 Å². The van der Waals surface area contributed by atoms with Crippen molar-refractivity contribution >= 4 is 5.97 Å². The molecule has 0 spiro atoms. The van der Waals surface area contributed by atoms with Crippen molar-refractivity contribution in [1.29, 1.82) is 0 Å². The molecule has 2 unspecified atom stereocenters. The summed E-state index contributed by atoms with van der Waals surface area (Å²) >= 11 is 0. The summed E-state index contributed by atoms with van der Waals surface area (Å²) in [7, 11) is 0. The minimum absolute atomic E-state index is 0.137. The van der Waals surface area contributed by atoms with Gasteiger partial charge in [0.2, 0.25) is 0 Å². The molecule has 0 radical (unpaired) electrons. The molecular formula is C12H24NO3-. The van der Waals surface area contributed by atoms with E-state index in [0.717, 1.165) is 19.3 Å². The molecule has 0 aromatic carbocycles. The van der Waals surface area contributed by atoms with Crippen molar-refractivity contribution in [3.05, 3.63) is 5.32 Å². The summed E-state index contributed by atoms with van der Waals surface area (Å²) in [4.78, 5) is 11.6. The number of unbranched alkanes of at least 4 members (excludes halogenated alkanes) is 2. The second-order valence-corrected chi connectivity index (χ2v) is 3.99. The first-order valence-corrected chi connectivity index (χ1v) is 6.11. The SMILES string of the molecule is CCCCCC(C)C([N-]CO)C(=O)OCC. The van der Waals surface area contributed by atoms with Crippen molar-refractivity contribution < 1.29 is 14.6 Å². The lowest BCUT2D eigenvalue weighted by Crippen LogP contribution is -2.30. The first kappa shape index (κ1) is 15.4. The van der Waals surface area contributed by atoms with Gasteiger partial charge in [-0.2, -0.15) is 0 Å². The highest BCUT2D eigenvalue weighted by molar-refractivity contribution is 5.78. The smallest absolute Gasteiger partial charge is 0.288 e. The van der Waals surface area contributed by atoms with Crippen LogP contribution in [0.2, 0.25) is 0 Å². The number of carbonyl (C=O) groups excluding carboxylic acids is 1. The van der Waals surface area contributed by atoms with Gasteiger partial charge in [0, 0.05) is 0 Å². The average Bonchev–Trinajstić information content (AvgIpc) is 2.26. The van der Waals surface area contributed by atoms with Crippen molar-refractivity contribution in [2.45, 2.75) is 52.5 Å². The van der Waals surface area contributed by atoms with Crippen molar-refractivity contribution in [3.63, 3.8) is 0 Å². The molecule has 0 saturated heterocycles. The molecule has 0 fully saturated rings. The molecule has 16 heavy (non-hydrogen) atoms. The second kappa shape index (κ2) is 9.60. The van der Waals surface area contributed by atoms with E-state index in [0.29, 0.717) is 6.61 Å². The van der Waals surface area contributed by atoms with Crippen LogP contribution in [-0.2, 0) is 9.53 Å². The number of rotatable bonds is 9. The van der Waals surface area contributed by atoms with Gasteiger partial charge in [-0.1, -0.05) is 45.4 Å². The minimum atomic E-state index is -0.512. The van der Waals surface area contributed by atoms with Crippen molar-refractivity contribution in [2.24, 2.45) is 5.92 Å². The van der Waals surface area contributed by atoms with Gasteiger partial charge in [-0.15, -0.1) is 0 Å². The van der Waals surface area contributed by atoms with Crippen LogP contribution in [0.15, 0.2) is 0 Å². The quantitative estimate of drug-likeness (QED) is 0.489. The molecule has 0 aromatic rings. The Morgan fingerprint density at radius 1 is 1.38 bits per heavy atom. The molecule has 0 aromatic heterocycles. The molecule has 4 nitrogen and oxygen atoms in total. The van der Waals surface area contributed by atoms with Gasteiger partial charge in [0.25, 0.3) is 5.97 Å². The normalized spacial score (nSPS) is 14.5. The van der Waals surface area contributed by atoms with Crippen molar-refractivity contribution in [2.75, 3.05) is 13.3 Å². The second-order valence-electron chi connectivity index (χ2n) is 3.99. The number of esters is 1. The fraction of sp³-hybridized carbons (Fsp3) is 0.917. The number of hydrogen-bond donors (Lipinski definition) is 1. The Balaban J connectivity index is 4.11. The standard InChI is InChI=1S/C12H24NO3/c1-4-6-7-8-10(3)11(13-9-14)12(15)16-5-2/h10-11,14H,4-9H2,1-3H3/q-1. The van der Waals surface area contributed by atoms with Crippen LogP contribution in [0.3, 0.4) is 0 Å². The van der Waals surface area contributed by atoms with E-state index in [1.54, 1.807) is 6.92 Å². The summed E-state index contributed by atoms with van der Waals surface area (Å²) in [6.07, 6.45) is 4.36. The van der Waals surface area contributed by atoms with Gasteiger partial charge in [-0.05, 0) is 19.7 Å². The number of aliphatic hydroxyl groups is 1. The van der Waals surface area contributed by atoms with Gasteiger partial charge in [0.05, 0.1) is 6.61 Å². The average molecular weight is 230 g/mol. The zero-order valence-electron chi connectivity index (χ0n) is 10.6. The summed E-state index contributed by atoms with van der Waals surface area (Å²) in [6.45, 7) is 5.94. The van der Waals surface area contributed by atoms with Crippen molar-refractivity contribution in [1.82, 2.24) is 0 Å². The maximum Gasteiger partial charge on any atom is 0.288 e. The van der Waals surface area contributed by atoms with E-state index < -0.39 is 6.04 Å². The van der Waals surface area contributed by atoms with Crippen LogP contribution in [-0.4, -0.2) is 30.5 Å². The maximum atomic E-state index is 11.6. The van der Waals surface area contributed by atoms with Crippen LogP contribution < -0.4 is 0 Å². The van der Waals surface area contributed by atoms with E-state index in [4.69, 9.17) is 9.84 Å². The summed E-state index contributed by atoms with van der Waals surface area (Å²) < 4.78 is 4.94. The molecule has 0 rings (SSSR count). The topological polar surface area (TPSA) is 60.6 Å². The van der Waals surface area contributed by atoms with Crippen LogP contribution >= 0.6 is 0 Å². The van der Waals surface area contributed by atoms with Crippen LogP contribution in [0.25, 0.3) is 5.32 Å². The summed E-state index contributed by atoms with van der Waals surface area (Å²) in [6, 6.07) is -0.512. The molecule has 2 atom stereocenters. The number of hydrogen-bond acceptors (Lipinski definition) is 3. The lowest BCUT2D eigenvalue weighted by Gasteiger charge is -2.33. The molecular weight excluding hydrogens is 206 g/mol. The van der Waals surface area contributed by atoms with Crippen LogP contribution in [0.1, 0.15) is 46.5 Å². The number of ether oxygens (including phenoxy) is 1. The molecule has 0 saturated carbocycles. The van der Waals surface area contributed by atoms with Gasteiger partial charge in [0.1, 0.15) is 0 Å². The number of carbonyl (C=O) groups is 1. The third kappa shape index (κ3) is 6.08. The Morgan fingerprint density at radius 2 is 2.06 bits per heavy atom. The largest absolute Gasteiger partial charge is 0.627 e. The van der Waals surface area contributed by atoms with Crippen LogP contribution in [0, 0.1) is 5.92 Å². The lowest BCUT2D eigenvalue weighted by molar-refractivity contribution is -0.145. The van der Waals surface area contributed by atoms with Gasteiger partial charge >= 0.3 is 0 Å². The van der Waals surface area contributed by atoms with Crippen LogP contribution in [0.4, 0.5) is 0 Å². The molecule has 0 aliphatic rings. The van der Waals surface area contributed by atoms with Gasteiger partial charge in [-0.25, -0.2) is 0 Å². The molecule has 0 aliphatic carbocycles. The Bertz CT molecular complexity index is 185. The Kier molecular flexibility index (Phi) is 9.24. The first-order valence-electron chi connectivity index (χ1n) is 6.11. The number of aliphatic hydroxyl groups excluding tert-OH is 1. The van der Waals surface area contributed by atoms with E-state index in [1.165, 1.54) is 6.42 Å². The van der Waals surface area contributed by atoms with Gasteiger partial charge in [0.15, 0.2) is 0 Å². The van der Waals surface area contributed by atoms with Gasteiger partial charge < -0.3 is 15.2 Å². The number of nitrogens with zero attached hydrogens (tertiary/aromatic N) is 1. The molecule has 0 amide bonds. The summed E-state index contributed by atoms with van der Waals surface area (Å²) in [5, 5.41) is 12.7. The summed E-state index contributed by atoms with van der Waals surface area (Å²) in [5.74, 6) is -0.182. The van der Waals surface area contributed by atoms with Crippen molar-refractivity contribution in [3.8, 4) is 0 Å². The molecule has 0 aliphatic heterocycles. The minimum Gasteiger partial charge on any atom is -0.627 e.